The molecule has 1 atom stereocenters. The van der Waals surface area contributed by atoms with E-state index in [2.05, 4.69) is 41.6 Å². The summed E-state index contributed by atoms with van der Waals surface area (Å²) in [4.78, 5) is 4.07. The first-order valence-corrected chi connectivity index (χ1v) is 6.31. The van der Waals surface area contributed by atoms with Crippen LogP contribution in [0.3, 0.4) is 0 Å². The molecule has 1 aromatic rings. The Morgan fingerprint density at radius 2 is 2.22 bits per heavy atom. The summed E-state index contributed by atoms with van der Waals surface area (Å²) >= 11 is 0. The minimum absolute atomic E-state index is 0.136. The number of benzene rings is 1. The Morgan fingerprint density at radius 1 is 1.44 bits per heavy atom. The molecule has 0 fully saturated rings. The second kappa shape index (κ2) is 7.58. The number of aryl methyl sites for hydroxylation is 1. The minimum atomic E-state index is 0.136. The van der Waals surface area contributed by atoms with Gasteiger partial charge in [0.2, 0.25) is 0 Å². The molecule has 4 heteroatoms. The largest absolute Gasteiger partial charge is 0.489 e. The summed E-state index contributed by atoms with van der Waals surface area (Å²) in [5.41, 5.74) is 1.21. The van der Waals surface area contributed by atoms with Gasteiger partial charge in [-0.25, -0.2) is 0 Å². The van der Waals surface area contributed by atoms with Crippen molar-refractivity contribution in [1.29, 1.82) is 0 Å². The van der Waals surface area contributed by atoms with Crippen LogP contribution in [0, 0.1) is 6.92 Å². The topological polar surface area (TPSA) is 45.7 Å². The van der Waals surface area contributed by atoms with Crippen LogP contribution in [0.25, 0.3) is 0 Å². The molecule has 1 rings (SSSR count). The molecule has 1 aromatic carbocycles. The number of aliphatic imine (C=N–C) groups is 1. The van der Waals surface area contributed by atoms with E-state index in [1.807, 2.05) is 19.2 Å². The van der Waals surface area contributed by atoms with Crippen LogP contribution < -0.4 is 15.4 Å². The molecule has 18 heavy (non-hydrogen) atoms. The SMILES string of the molecule is CCC(CNC(=NC)NC)Oc1cccc(C)c1. The van der Waals surface area contributed by atoms with E-state index in [9.17, 15) is 0 Å². The molecule has 0 amide bonds. The van der Waals surface area contributed by atoms with Gasteiger partial charge in [0.05, 0.1) is 6.54 Å². The van der Waals surface area contributed by atoms with Crippen LogP contribution in [0.1, 0.15) is 18.9 Å². The maximum Gasteiger partial charge on any atom is 0.190 e. The molecular weight excluding hydrogens is 226 g/mol. The fourth-order valence-electron chi connectivity index (χ4n) is 1.64. The summed E-state index contributed by atoms with van der Waals surface area (Å²) in [7, 11) is 3.60. The maximum atomic E-state index is 5.94. The van der Waals surface area contributed by atoms with Crippen molar-refractivity contribution in [2.24, 2.45) is 4.99 Å². The lowest BCUT2D eigenvalue weighted by Gasteiger charge is -2.19. The van der Waals surface area contributed by atoms with Crippen LogP contribution in [-0.4, -0.2) is 32.7 Å². The molecule has 0 aliphatic rings. The van der Waals surface area contributed by atoms with Crippen molar-refractivity contribution < 1.29 is 4.74 Å². The summed E-state index contributed by atoms with van der Waals surface area (Å²) in [5.74, 6) is 1.70. The molecule has 0 heterocycles. The fraction of sp³-hybridized carbons (Fsp3) is 0.500. The summed E-state index contributed by atoms with van der Waals surface area (Å²) in [6.07, 6.45) is 1.08. The molecular formula is C14H23N3O. The number of hydrogen-bond donors (Lipinski definition) is 2. The van der Waals surface area contributed by atoms with Gasteiger partial charge < -0.3 is 15.4 Å². The van der Waals surface area contributed by atoms with E-state index >= 15 is 0 Å². The first-order valence-electron chi connectivity index (χ1n) is 6.31. The average molecular weight is 249 g/mol. The van der Waals surface area contributed by atoms with Crippen molar-refractivity contribution in [3.05, 3.63) is 29.8 Å². The molecule has 0 saturated heterocycles. The highest BCUT2D eigenvalue weighted by Crippen LogP contribution is 2.15. The molecule has 1 unspecified atom stereocenters. The minimum Gasteiger partial charge on any atom is -0.489 e. The lowest BCUT2D eigenvalue weighted by molar-refractivity contribution is 0.199. The molecule has 0 saturated carbocycles. The Labute approximate surface area is 109 Å². The highest BCUT2D eigenvalue weighted by molar-refractivity contribution is 5.79. The van der Waals surface area contributed by atoms with E-state index < -0.39 is 0 Å². The molecule has 0 radical (unpaired) electrons. The van der Waals surface area contributed by atoms with Crippen molar-refractivity contribution >= 4 is 5.96 Å². The standard InChI is InChI=1S/C14H23N3O/c1-5-12(10-17-14(15-3)16-4)18-13-8-6-7-11(2)9-13/h6-9,12H,5,10H2,1-4H3,(H2,15,16,17). The Hall–Kier alpha value is -1.71. The quantitative estimate of drug-likeness (QED) is 0.619. The third-order valence-corrected chi connectivity index (χ3v) is 2.71. The number of rotatable bonds is 5. The first-order chi connectivity index (χ1) is 8.69. The van der Waals surface area contributed by atoms with Gasteiger partial charge in [0.1, 0.15) is 11.9 Å². The molecule has 2 N–H and O–H groups in total. The molecule has 0 aromatic heterocycles. The van der Waals surface area contributed by atoms with Crippen LogP contribution in [0.2, 0.25) is 0 Å². The van der Waals surface area contributed by atoms with Gasteiger partial charge >= 0.3 is 0 Å². The molecule has 100 valence electrons. The van der Waals surface area contributed by atoms with Gasteiger partial charge in [-0.15, -0.1) is 0 Å². The van der Waals surface area contributed by atoms with Gasteiger partial charge in [-0.1, -0.05) is 19.1 Å². The Morgan fingerprint density at radius 3 is 2.78 bits per heavy atom. The van der Waals surface area contributed by atoms with Gasteiger partial charge in [-0.3, -0.25) is 4.99 Å². The molecule has 0 aliphatic carbocycles. The van der Waals surface area contributed by atoms with Gasteiger partial charge in [0, 0.05) is 14.1 Å². The van der Waals surface area contributed by atoms with Crippen LogP contribution in [-0.2, 0) is 0 Å². The number of nitrogens with zero attached hydrogens (tertiary/aromatic N) is 1. The van der Waals surface area contributed by atoms with Crippen LogP contribution in [0.4, 0.5) is 0 Å². The van der Waals surface area contributed by atoms with E-state index in [1.54, 1.807) is 7.05 Å². The summed E-state index contributed by atoms with van der Waals surface area (Å²) in [5, 5.41) is 6.21. The van der Waals surface area contributed by atoms with E-state index in [4.69, 9.17) is 4.74 Å². The molecule has 0 bridgehead atoms. The average Bonchev–Trinajstić information content (AvgIpc) is 2.38. The van der Waals surface area contributed by atoms with Crippen LogP contribution >= 0.6 is 0 Å². The van der Waals surface area contributed by atoms with Crippen molar-refractivity contribution in [1.82, 2.24) is 10.6 Å². The Balaban J connectivity index is 2.52. The maximum absolute atomic E-state index is 5.94. The third kappa shape index (κ3) is 4.65. The van der Waals surface area contributed by atoms with Gasteiger partial charge in [0.25, 0.3) is 0 Å². The van der Waals surface area contributed by atoms with Gasteiger partial charge in [0.15, 0.2) is 5.96 Å². The molecule has 0 spiro atoms. The monoisotopic (exact) mass is 249 g/mol. The smallest absolute Gasteiger partial charge is 0.190 e. The lowest BCUT2D eigenvalue weighted by Crippen LogP contribution is -2.40. The Bertz CT molecular complexity index is 390. The van der Waals surface area contributed by atoms with Crippen LogP contribution in [0.5, 0.6) is 5.75 Å². The first kappa shape index (κ1) is 14.4. The van der Waals surface area contributed by atoms with Crippen molar-refractivity contribution in [3.8, 4) is 5.75 Å². The van der Waals surface area contributed by atoms with E-state index in [0.29, 0.717) is 0 Å². The van der Waals surface area contributed by atoms with Crippen molar-refractivity contribution in [2.45, 2.75) is 26.4 Å². The second-order valence-electron chi connectivity index (χ2n) is 4.17. The highest BCUT2D eigenvalue weighted by atomic mass is 16.5. The van der Waals surface area contributed by atoms with Crippen molar-refractivity contribution in [2.75, 3.05) is 20.6 Å². The predicted molar refractivity (Wildman–Crippen MR) is 76.3 cm³/mol. The summed E-state index contributed by atoms with van der Waals surface area (Å²) < 4.78 is 5.94. The van der Waals surface area contributed by atoms with Crippen LogP contribution in [0.15, 0.2) is 29.3 Å². The summed E-state index contributed by atoms with van der Waals surface area (Å²) in [6, 6.07) is 8.12. The van der Waals surface area contributed by atoms with E-state index in [-0.39, 0.29) is 6.10 Å². The second-order valence-corrected chi connectivity index (χ2v) is 4.17. The molecule has 4 nitrogen and oxygen atoms in total. The summed E-state index contributed by atoms with van der Waals surface area (Å²) in [6.45, 7) is 4.91. The highest BCUT2D eigenvalue weighted by Gasteiger charge is 2.08. The molecule has 0 aliphatic heterocycles. The normalized spacial score (nSPS) is 13.0. The fourth-order valence-corrected chi connectivity index (χ4v) is 1.64. The zero-order valence-electron chi connectivity index (χ0n) is 11.7. The van der Waals surface area contributed by atoms with Gasteiger partial charge in [-0.05, 0) is 31.0 Å². The number of nitrogens with one attached hydrogen (secondary N) is 2. The zero-order valence-corrected chi connectivity index (χ0v) is 11.7. The third-order valence-electron chi connectivity index (χ3n) is 2.71. The lowest BCUT2D eigenvalue weighted by atomic mass is 10.2. The number of guanidine groups is 1. The van der Waals surface area contributed by atoms with E-state index in [1.165, 1.54) is 5.56 Å². The zero-order chi connectivity index (χ0) is 13.4. The predicted octanol–water partition coefficient (Wildman–Crippen LogP) is 1.95. The number of ether oxygens (including phenoxy) is 1. The van der Waals surface area contributed by atoms with Crippen molar-refractivity contribution in [3.63, 3.8) is 0 Å². The van der Waals surface area contributed by atoms with Gasteiger partial charge in [-0.2, -0.15) is 0 Å². The number of hydrogen-bond acceptors (Lipinski definition) is 2. The Kier molecular flexibility index (Phi) is 6.05. The van der Waals surface area contributed by atoms with E-state index in [0.717, 1.165) is 24.7 Å².